The number of pyridine rings is 2. The van der Waals surface area contributed by atoms with E-state index in [9.17, 15) is 20.1 Å². The summed E-state index contributed by atoms with van der Waals surface area (Å²) in [5.41, 5.74) is 1.16. The average molecular weight is 939 g/mol. The van der Waals surface area contributed by atoms with E-state index in [4.69, 9.17) is 33.7 Å². The van der Waals surface area contributed by atoms with Gasteiger partial charge in [0.05, 0.1) is 52.8 Å². The molecule has 14 nitrogen and oxygen atoms in total. The summed E-state index contributed by atoms with van der Waals surface area (Å²) in [6.07, 6.45) is 5.80. The Labute approximate surface area is 402 Å². The van der Waals surface area contributed by atoms with Gasteiger partial charge in [-0.25, -0.2) is 0 Å². The molecule has 370 valence electrons. The number of aliphatic hydroxyl groups is 3. The van der Waals surface area contributed by atoms with E-state index in [2.05, 4.69) is 9.97 Å². The summed E-state index contributed by atoms with van der Waals surface area (Å²) in [7, 11) is 5.44. The maximum atomic E-state index is 14.5. The number of nitrogens with zero attached hydrogens (tertiary/aromatic N) is 4. The zero-order chi connectivity index (χ0) is 49.3. The zero-order valence-corrected chi connectivity index (χ0v) is 41.7. The third kappa shape index (κ3) is 12.0. The Morgan fingerprint density at radius 1 is 0.912 bits per heavy atom. The van der Waals surface area contributed by atoms with Gasteiger partial charge < -0.3 is 48.7 Å². The summed E-state index contributed by atoms with van der Waals surface area (Å²) in [6, 6.07) is 19.5. The molecule has 6 rings (SSSR count). The van der Waals surface area contributed by atoms with Gasteiger partial charge in [-0.3, -0.25) is 14.8 Å². The topological polar surface area (TPSA) is 175 Å². The van der Waals surface area contributed by atoms with Crippen LogP contribution in [0.3, 0.4) is 0 Å². The Morgan fingerprint density at radius 3 is 2.25 bits per heavy atom. The molecule has 0 bridgehead atoms. The van der Waals surface area contributed by atoms with E-state index in [1.807, 2.05) is 126 Å². The number of allylic oxidation sites excluding steroid dienone is 1. The number of aliphatic hydroxyl groups excluding tert-OH is 2. The maximum Gasteiger partial charge on any atom is 0.312 e. The molecule has 2 saturated heterocycles. The Kier molecular flexibility index (Phi) is 17.9. The van der Waals surface area contributed by atoms with Crippen molar-refractivity contribution in [1.29, 1.82) is 0 Å². The summed E-state index contributed by atoms with van der Waals surface area (Å²) in [4.78, 5) is 31.5. The maximum absolute atomic E-state index is 14.5. The first-order chi connectivity index (χ1) is 32.4. The van der Waals surface area contributed by atoms with Gasteiger partial charge in [-0.2, -0.15) is 0 Å². The lowest BCUT2D eigenvalue weighted by Crippen LogP contribution is -2.60. The Bertz CT molecular complexity index is 2360. The van der Waals surface area contributed by atoms with Gasteiger partial charge in [-0.15, -0.1) is 0 Å². The van der Waals surface area contributed by atoms with Crippen molar-refractivity contribution in [1.82, 2.24) is 14.9 Å². The van der Waals surface area contributed by atoms with Crippen LogP contribution in [-0.2, 0) is 39.7 Å². The van der Waals surface area contributed by atoms with Gasteiger partial charge in [-0.1, -0.05) is 75.3 Å². The van der Waals surface area contributed by atoms with Crippen LogP contribution in [0.5, 0.6) is 0 Å². The number of methoxy groups -OCH3 is 1. The second kappa shape index (κ2) is 23.2. The first-order valence-electron chi connectivity index (χ1n) is 24.1. The van der Waals surface area contributed by atoms with Crippen molar-refractivity contribution in [2.75, 3.05) is 27.8 Å². The van der Waals surface area contributed by atoms with Crippen molar-refractivity contribution in [3.8, 4) is 0 Å². The number of oxime groups is 1. The first kappa shape index (κ1) is 52.6. The molecule has 4 heterocycles. The molecule has 1 unspecified atom stereocenters. The number of hydrogen-bond acceptors (Lipinski definition) is 14. The third-order valence-corrected chi connectivity index (χ3v) is 14.3. The number of cyclic esters (lactones) is 1. The molecular formula is C54H74N4O10. The molecule has 2 aromatic heterocycles. The largest absolute Gasteiger partial charge is 0.497 e. The predicted octanol–water partition coefficient (Wildman–Crippen LogP) is 7.91. The van der Waals surface area contributed by atoms with Crippen LogP contribution in [0.2, 0.25) is 0 Å². The number of esters is 1. The van der Waals surface area contributed by atoms with Gasteiger partial charge in [0.15, 0.2) is 6.29 Å². The van der Waals surface area contributed by atoms with Gasteiger partial charge in [0.1, 0.15) is 30.5 Å². The molecule has 0 saturated carbocycles. The van der Waals surface area contributed by atoms with E-state index in [1.165, 1.54) is 6.92 Å². The number of benzene rings is 2. The van der Waals surface area contributed by atoms with Gasteiger partial charge in [0, 0.05) is 54.1 Å². The van der Waals surface area contributed by atoms with Crippen LogP contribution in [-0.4, -0.2) is 130 Å². The predicted molar refractivity (Wildman–Crippen MR) is 264 cm³/mol. The first-order valence-corrected chi connectivity index (χ1v) is 24.1. The molecule has 2 aromatic carbocycles. The van der Waals surface area contributed by atoms with Crippen molar-refractivity contribution in [2.45, 2.75) is 141 Å². The number of ether oxygens (including phenoxy) is 5. The fourth-order valence-corrected chi connectivity index (χ4v) is 10.2. The second-order valence-corrected chi connectivity index (χ2v) is 19.5. The normalized spacial score (nSPS) is 34.2. The number of para-hydroxylation sites is 2. The highest BCUT2D eigenvalue weighted by Gasteiger charge is 2.52. The number of rotatable bonds is 13. The molecule has 0 spiro atoms. The van der Waals surface area contributed by atoms with Gasteiger partial charge in [0.2, 0.25) is 0 Å². The molecule has 2 fully saturated rings. The molecule has 0 radical (unpaired) electrons. The standard InChI is InChI=1S/C54H74N4O10/c1-12-45-54(8,62)49(60)35(4)46(57-65-30-18-20-39-26-28-56-43-24-16-14-22-41(39)43)33(2)32-53(7,63-11)50(68-52-47(59)44(58(9)10)31-34(3)66-52)36(5)48(37(6)51(61)67-45)64-29-17-19-38-25-27-55-42-23-15-13-21-40(38)42/h13-18,20-29,33-37,44-45,47-50,52,59-60,62H,12,19,30-32H2,1-11H3/b20-18+,29-17-,57-46+/t33-,34-,35+,36+,37-,44+,45-,47-,48?,49-,50-,52-,53-,54-/m1/s1. The van der Waals surface area contributed by atoms with E-state index < -0.39 is 77.7 Å². The Balaban J connectivity index is 1.39. The molecule has 2 aliphatic heterocycles. The van der Waals surface area contributed by atoms with E-state index in [0.29, 0.717) is 18.6 Å². The molecule has 0 amide bonds. The van der Waals surface area contributed by atoms with Crippen molar-refractivity contribution in [2.24, 2.45) is 28.8 Å². The van der Waals surface area contributed by atoms with Crippen LogP contribution in [0.25, 0.3) is 27.9 Å². The Morgan fingerprint density at radius 2 is 1.57 bits per heavy atom. The molecule has 14 atom stereocenters. The lowest BCUT2D eigenvalue weighted by Gasteiger charge is -2.48. The van der Waals surface area contributed by atoms with Crippen LogP contribution in [0.15, 0.2) is 96.6 Å². The highest BCUT2D eigenvalue weighted by molar-refractivity contribution is 5.89. The average Bonchev–Trinajstić information content (AvgIpc) is 3.32. The molecule has 4 aromatic rings. The molecule has 0 aliphatic carbocycles. The van der Waals surface area contributed by atoms with Crippen molar-refractivity contribution in [3.05, 3.63) is 103 Å². The molecule has 2 aliphatic rings. The summed E-state index contributed by atoms with van der Waals surface area (Å²) in [5.74, 6) is -3.41. The number of carbonyl (C=O) groups excluding carboxylic acids is 1. The number of fused-ring (bicyclic) bond motifs is 2. The fraction of sp³-hybridized carbons (Fsp3) is 0.556. The molecule has 14 heteroatoms. The number of likely N-dealkylation sites (N-methyl/N-ethyl adjacent to an activating group) is 1. The number of hydrogen-bond donors (Lipinski definition) is 3. The van der Waals surface area contributed by atoms with E-state index in [0.717, 1.165) is 32.9 Å². The number of aromatic nitrogens is 2. The van der Waals surface area contributed by atoms with E-state index in [-0.39, 0.29) is 31.6 Å². The minimum absolute atomic E-state index is 0.107. The van der Waals surface area contributed by atoms with Crippen molar-refractivity contribution < 1.29 is 48.6 Å². The quantitative estimate of drug-likeness (QED) is 0.0511. The molecule has 68 heavy (non-hydrogen) atoms. The zero-order valence-electron chi connectivity index (χ0n) is 41.7. The molecule has 3 N–H and O–H groups in total. The van der Waals surface area contributed by atoms with Crippen molar-refractivity contribution in [3.63, 3.8) is 0 Å². The lowest BCUT2D eigenvalue weighted by molar-refractivity contribution is -0.301. The minimum atomic E-state index is -1.91. The van der Waals surface area contributed by atoms with E-state index >= 15 is 0 Å². The monoisotopic (exact) mass is 939 g/mol. The third-order valence-electron chi connectivity index (χ3n) is 14.3. The van der Waals surface area contributed by atoms with Gasteiger partial charge in [-0.05, 0) is 115 Å². The second-order valence-electron chi connectivity index (χ2n) is 19.5. The molecular weight excluding hydrogens is 865 g/mol. The summed E-state index contributed by atoms with van der Waals surface area (Å²) < 4.78 is 32.8. The van der Waals surface area contributed by atoms with Crippen molar-refractivity contribution >= 4 is 39.6 Å². The van der Waals surface area contributed by atoms with E-state index in [1.54, 1.807) is 46.5 Å². The van der Waals surface area contributed by atoms with Crippen LogP contribution >= 0.6 is 0 Å². The van der Waals surface area contributed by atoms with Crippen LogP contribution in [0.1, 0.15) is 85.8 Å². The van der Waals surface area contributed by atoms with Crippen LogP contribution in [0.4, 0.5) is 0 Å². The lowest BCUT2D eigenvalue weighted by atomic mass is 9.73. The van der Waals surface area contributed by atoms with Crippen LogP contribution in [0, 0.1) is 23.7 Å². The van der Waals surface area contributed by atoms with Gasteiger partial charge >= 0.3 is 5.97 Å². The van der Waals surface area contributed by atoms with Gasteiger partial charge in [0.25, 0.3) is 0 Å². The smallest absolute Gasteiger partial charge is 0.312 e. The summed E-state index contributed by atoms with van der Waals surface area (Å²) >= 11 is 0. The van der Waals surface area contributed by atoms with Crippen LogP contribution < -0.4 is 0 Å². The SMILES string of the molecule is CC[C@H]1OC(=O)[C@H](C)C(O/C=C\Cc2ccnc3ccccc23)[C@H](C)[C@@H](O[C@H]2O[C@H](C)C[C@H](N(C)C)[C@H]2O)[C@](C)(OC)C[C@@H](C)/C(=N\OC/C=C/c2ccnc3ccccc23)[C@H](C)[C@@H](O)[C@]1(C)O. The highest BCUT2D eigenvalue weighted by atomic mass is 16.7. The summed E-state index contributed by atoms with van der Waals surface area (Å²) in [6.45, 7) is 14.7. The Hall–Kier alpha value is -4.80. The number of carbonyl (C=O) groups is 1. The fourth-order valence-electron chi connectivity index (χ4n) is 10.2. The highest BCUT2D eigenvalue weighted by Crippen LogP contribution is 2.40. The summed E-state index contributed by atoms with van der Waals surface area (Å²) in [5, 5.41) is 42.9. The minimum Gasteiger partial charge on any atom is -0.497 e.